The fourth-order valence-corrected chi connectivity index (χ4v) is 3.73. The van der Waals surface area contributed by atoms with Crippen molar-refractivity contribution in [2.24, 2.45) is 5.92 Å². The fourth-order valence-electron chi connectivity index (χ4n) is 3.46. The van der Waals surface area contributed by atoms with Crippen LogP contribution >= 0.6 is 11.6 Å². The summed E-state index contributed by atoms with van der Waals surface area (Å²) in [6.45, 7) is 2.32. The van der Waals surface area contributed by atoms with Crippen LogP contribution in [0.15, 0.2) is 42.5 Å². The zero-order valence-corrected chi connectivity index (χ0v) is 15.2. The average molecular weight is 360 g/mol. The van der Waals surface area contributed by atoms with Gasteiger partial charge in [0.1, 0.15) is 5.82 Å². The molecule has 2 aromatic rings. The molecule has 132 valence electrons. The molecule has 0 aromatic heterocycles. The summed E-state index contributed by atoms with van der Waals surface area (Å²) in [6, 6.07) is 12.2. The highest BCUT2D eigenvalue weighted by molar-refractivity contribution is 6.34. The third kappa shape index (κ3) is 4.90. The van der Waals surface area contributed by atoms with E-state index in [0.29, 0.717) is 11.5 Å². The quantitative estimate of drug-likeness (QED) is 0.715. The maximum Gasteiger partial charge on any atom is 0.168 e. The normalized spacial score (nSPS) is 16.1. The molecule has 0 N–H and O–H groups in total. The molecule has 0 aliphatic carbocycles. The molecule has 0 amide bonds. The molecule has 1 aliphatic rings. The average Bonchev–Trinajstić information content (AvgIpc) is 2.57. The Balaban J connectivity index is 1.66. The second-order valence-corrected chi connectivity index (χ2v) is 7.40. The number of ketones is 1. The molecule has 1 heterocycles. The highest BCUT2D eigenvalue weighted by Gasteiger charge is 2.17. The van der Waals surface area contributed by atoms with Crippen molar-refractivity contribution in [3.8, 4) is 0 Å². The van der Waals surface area contributed by atoms with Crippen LogP contribution < -0.4 is 0 Å². The first-order chi connectivity index (χ1) is 12.0. The molecule has 1 aliphatic heterocycles. The number of Topliss-reactive ketones (excluding diaryl/α,β-unsaturated/α-hetero) is 1. The maximum atomic E-state index is 13.1. The van der Waals surface area contributed by atoms with E-state index in [1.54, 1.807) is 0 Å². The Morgan fingerprint density at radius 3 is 2.60 bits per heavy atom. The van der Waals surface area contributed by atoms with Crippen LogP contribution in [0, 0.1) is 11.7 Å². The van der Waals surface area contributed by atoms with Gasteiger partial charge in [0.15, 0.2) is 5.78 Å². The van der Waals surface area contributed by atoms with Gasteiger partial charge in [0, 0.05) is 12.0 Å². The molecule has 2 aromatic carbocycles. The van der Waals surface area contributed by atoms with Gasteiger partial charge >= 0.3 is 0 Å². The molecule has 1 saturated heterocycles. The molecule has 0 radical (unpaired) electrons. The maximum absolute atomic E-state index is 13.1. The standard InChI is InChI=1S/C21H23ClFNO/c1-24-9-7-15(8-10-24)11-16-3-2-4-17(12-16)13-21(25)19-6-5-18(23)14-20(19)22/h2-6,12,14-15H,7-11,13H2,1H3. The summed E-state index contributed by atoms with van der Waals surface area (Å²) in [6.07, 6.45) is 3.80. The summed E-state index contributed by atoms with van der Waals surface area (Å²) < 4.78 is 13.1. The van der Waals surface area contributed by atoms with Crippen LogP contribution in [0.4, 0.5) is 4.39 Å². The van der Waals surface area contributed by atoms with Crippen LogP contribution in [0.3, 0.4) is 0 Å². The number of hydrogen-bond acceptors (Lipinski definition) is 2. The first-order valence-corrected chi connectivity index (χ1v) is 9.13. The van der Waals surface area contributed by atoms with Crippen molar-refractivity contribution in [2.45, 2.75) is 25.7 Å². The number of halogens is 2. The van der Waals surface area contributed by atoms with Crippen molar-refractivity contribution >= 4 is 17.4 Å². The molecule has 4 heteroatoms. The van der Waals surface area contributed by atoms with E-state index in [1.165, 1.54) is 36.6 Å². The van der Waals surface area contributed by atoms with E-state index < -0.39 is 5.82 Å². The van der Waals surface area contributed by atoms with Crippen LogP contribution in [-0.4, -0.2) is 30.8 Å². The van der Waals surface area contributed by atoms with E-state index in [4.69, 9.17) is 11.6 Å². The van der Waals surface area contributed by atoms with Crippen molar-refractivity contribution in [3.63, 3.8) is 0 Å². The highest BCUT2D eigenvalue weighted by Crippen LogP contribution is 2.23. The van der Waals surface area contributed by atoms with Gasteiger partial charge in [-0.3, -0.25) is 4.79 Å². The van der Waals surface area contributed by atoms with E-state index in [2.05, 4.69) is 24.1 Å². The highest BCUT2D eigenvalue weighted by atomic mass is 35.5. The Bertz CT molecular complexity index is 753. The number of piperidine rings is 1. The Morgan fingerprint density at radius 2 is 1.88 bits per heavy atom. The van der Waals surface area contributed by atoms with Gasteiger partial charge in [0.2, 0.25) is 0 Å². The van der Waals surface area contributed by atoms with Gasteiger partial charge in [-0.15, -0.1) is 0 Å². The number of hydrogen-bond donors (Lipinski definition) is 0. The number of carbonyl (C=O) groups is 1. The number of rotatable bonds is 5. The van der Waals surface area contributed by atoms with Gasteiger partial charge in [-0.25, -0.2) is 4.39 Å². The molecule has 3 rings (SSSR count). The first kappa shape index (κ1) is 18.1. The molecule has 1 fully saturated rings. The summed E-state index contributed by atoms with van der Waals surface area (Å²) >= 11 is 6.00. The first-order valence-electron chi connectivity index (χ1n) is 8.76. The van der Waals surface area contributed by atoms with E-state index in [0.717, 1.165) is 25.1 Å². The van der Waals surface area contributed by atoms with Crippen LogP contribution in [-0.2, 0) is 12.8 Å². The van der Waals surface area contributed by atoms with Crippen molar-refractivity contribution in [1.29, 1.82) is 0 Å². The molecular weight excluding hydrogens is 337 g/mol. The van der Waals surface area contributed by atoms with E-state index >= 15 is 0 Å². The lowest BCUT2D eigenvalue weighted by atomic mass is 9.89. The van der Waals surface area contributed by atoms with Gasteiger partial charge in [0.25, 0.3) is 0 Å². The molecule has 2 nitrogen and oxygen atoms in total. The second kappa shape index (κ2) is 8.11. The molecule has 25 heavy (non-hydrogen) atoms. The van der Waals surface area contributed by atoms with Gasteiger partial charge in [-0.05, 0) is 74.6 Å². The van der Waals surface area contributed by atoms with E-state index in [1.807, 2.05) is 12.1 Å². The Kier molecular flexibility index (Phi) is 5.87. The second-order valence-electron chi connectivity index (χ2n) is 6.99. The number of carbonyl (C=O) groups excluding carboxylic acids is 1. The van der Waals surface area contributed by atoms with Crippen LogP contribution in [0.25, 0.3) is 0 Å². The zero-order valence-electron chi connectivity index (χ0n) is 14.5. The fraction of sp³-hybridized carbons (Fsp3) is 0.381. The number of likely N-dealkylation sites (tertiary alicyclic amines) is 1. The predicted octanol–water partition coefficient (Wildman–Crippen LogP) is 4.79. The number of nitrogens with zero attached hydrogens (tertiary/aromatic N) is 1. The zero-order chi connectivity index (χ0) is 17.8. The predicted molar refractivity (Wildman–Crippen MR) is 99.8 cm³/mol. The minimum absolute atomic E-state index is 0.0820. The third-order valence-corrected chi connectivity index (χ3v) is 5.26. The molecule has 0 atom stereocenters. The SMILES string of the molecule is CN1CCC(Cc2cccc(CC(=O)c3ccc(F)cc3Cl)c2)CC1. The minimum atomic E-state index is -0.429. The lowest BCUT2D eigenvalue weighted by Gasteiger charge is -2.29. The summed E-state index contributed by atoms with van der Waals surface area (Å²) in [5, 5.41) is 0.174. The molecule has 0 saturated carbocycles. The Morgan fingerprint density at radius 1 is 1.16 bits per heavy atom. The lowest BCUT2D eigenvalue weighted by molar-refractivity contribution is 0.0993. The molecular formula is C21H23ClFNO. The Labute approximate surface area is 153 Å². The topological polar surface area (TPSA) is 20.3 Å². The van der Waals surface area contributed by atoms with Crippen molar-refractivity contribution in [3.05, 3.63) is 70.0 Å². The van der Waals surface area contributed by atoms with Gasteiger partial charge in [0.05, 0.1) is 5.02 Å². The molecule has 0 spiro atoms. The minimum Gasteiger partial charge on any atom is -0.306 e. The largest absolute Gasteiger partial charge is 0.306 e. The molecule has 0 bridgehead atoms. The van der Waals surface area contributed by atoms with Gasteiger partial charge in [-0.1, -0.05) is 35.9 Å². The van der Waals surface area contributed by atoms with Crippen LogP contribution in [0.5, 0.6) is 0 Å². The lowest BCUT2D eigenvalue weighted by Crippen LogP contribution is -2.30. The van der Waals surface area contributed by atoms with Crippen molar-refractivity contribution < 1.29 is 9.18 Å². The van der Waals surface area contributed by atoms with Crippen molar-refractivity contribution in [2.75, 3.05) is 20.1 Å². The molecule has 0 unspecified atom stereocenters. The third-order valence-electron chi connectivity index (χ3n) is 4.95. The summed E-state index contributed by atoms with van der Waals surface area (Å²) in [4.78, 5) is 14.8. The summed E-state index contributed by atoms with van der Waals surface area (Å²) in [5.74, 6) is 0.205. The smallest absolute Gasteiger partial charge is 0.168 e. The number of benzene rings is 2. The van der Waals surface area contributed by atoms with Crippen LogP contribution in [0.2, 0.25) is 5.02 Å². The van der Waals surface area contributed by atoms with Crippen LogP contribution in [0.1, 0.15) is 34.3 Å². The van der Waals surface area contributed by atoms with E-state index in [9.17, 15) is 9.18 Å². The van der Waals surface area contributed by atoms with Crippen molar-refractivity contribution in [1.82, 2.24) is 4.90 Å². The Hall–Kier alpha value is -1.71. The summed E-state index contributed by atoms with van der Waals surface area (Å²) in [7, 11) is 2.17. The monoisotopic (exact) mass is 359 g/mol. The summed E-state index contributed by atoms with van der Waals surface area (Å²) in [5.41, 5.74) is 2.64. The van der Waals surface area contributed by atoms with E-state index in [-0.39, 0.29) is 17.2 Å². The van der Waals surface area contributed by atoms with Gasteiger partial charge in [-0.2, -0.15) is 0 Å². The van der Waals surface area contributed by atoms with Gasteiger partial charge < -0.3 is 4.90 Å².